The number of nitrogens with zero attached hydrogens (tertiary/aromatic N) is 3. The minimum absolute atomic E-state index is 0.0512. The van der Waals surface area contributed by atoms with Crippen LogP contribution < -0.4 is 4.90 Å². The smallest absolute Gasteiger partial charge is 0.243 e. The van der Waals surface area contributed by atoms with Gasteiger partial charge in [0.15, 0.2) is 11.6 Å². The lowest BCUT2D eigenvalue weighted by Gasteiger charge is -2.46. The second-order valence-electron chi connectivity index (χ2n) is 7.70. The van der Waals surface area contributed by atoms with Gasteiger partial charge in [-0.1, -0.05) is 6.07 Å². The number of rotatable bonds is 3. The molecule has 0 radical (unpaired) electrons. The predicted octanol–water partition coefficient (Wildman–Crippen LogP) is 2.22. The third-order valence-electron chi connectivity index (χ3n) is 5.88. The van der Waals surface area contributed by atoms with E-state index in [0.717, 1.165) is 12.1 Å². The summed E-state index contributed by atoms with van der Waals surface area (Å²) in [6.07, 6.45) is 0.436. The molecule has 0 saturated carbocycles. The number of amides is 1. The van der Waals surface area contributed by atoms with Crippen molar-refractivity contribution in [3.8, 4) is 0 Å². The number of hydrogen-bond donors (Lipinski definition) is 0. The van der Waals surface area contributed by atoms with Crippen molar-refractivity contribution in [1.82, 2.24) is 9.21 Å². The first-order valence-electron chi connectivity index (χ1n) is 9.35. The Morgan fingerprint density at radius 1 is 1.00 bits per heavy atom. The highest BCUT2D eigenvalue weighted by atomic mass is 32.2. The molecule has 10 heteroatoms. The fraction of sp³-hybridized carbons (Fsp3) is 0.350. The fourth-order valence-electron chi connectivity index (χ4n) is 4.09. The number of hydrogen-bond acceptors (Lipinski definition) is 4. The van der Waals surface area contributed by atoms with E-state index >= 15 is 0 Å². The summed E-state index contributed by atoms with van der Waals surface area (Å²) >= 11 is 0. The van der Waals surface area contributed by atoms with Crippen molar-refractivity contribution in [2.24, 2.45) is 0 Å². The number of benzene rings is 2. The van der Waals surface area contributed by atoms with E-state index in [1.54, 1.807) is 13.1 Å². The van der Waals surface area contributed by atoms with Gasteiger partial charge in [-0.2, -0.15) is 4.31 Å². The van der Waals surface area contributed by atoms with Gasteiger partial charge in [-0.15, -0.1) is 0 Å². The molecule has 1 atom stereocenters. The maximum Gasteiger partial charge on any atom is 0.243 e. The molecule has 0 unspecified atom stereocenters. The van der Waals surface area contributed by atoms with E-state index in [1.165, 1.54) is 27.4 Å². The Kier molecular flexibility index (Phi) is 5.11. The molecule has 4 rings (SSSR count). The molecular weight excluding hydrogens is 419 g/mol. The molecule has 1 amide bonds. The molecule has 0 aromatic heterocycles. The lowest BCUT2D eigenvalue weighted by molar-refractivity contribution is -0.123. The van der Waals surface area contributed by atoms with Gasteiger partial charge in [0.1, 0.15) is 5.82 Å². The maximum atomic E-state index is 13.7. The summed E-state index contributed by atoms with van der Waals surface area (Å²) < 4.78 is 67.6. The number of likely N-dealkylation sites (N-methyl/N-ethyl adjacent to an activating group) is 1. The van der Waals surface area contributed by atoms with E-state index in [-0.39, 0.29) is 37.0 Å². The largest absolute Gasteiger partial charge is 0.309 e. The van der Waals surface area contributed by atoms with Crippen molar-refractivity contribution in [3.63, 3.8) is 0 Å². The molecule has 160 valence electrons. The average molecular weight is 439 g/mol. The van der Waals surface area contributed by atoms with Crippen molar-refractivity contribution in [2.75, 3.05) is 38.1 Å². The molecule has 2 heterocycles. The van der Waals surface area contributed by atoms with Crippen LogP contribution in [0.4, 0.5) is 18.9 Å². The topological polar surface area (TPSA) is 60.9 Å². The Labute approximate surface area is 172 Å². The van der Waals surface area contributed by atoms with Crippen molar-refractivity contribution in [3.05, 3.63) is 59.9 Å². The van der Waals surface area contributed by atoms with Crippen LogP contribution in [0.25, 0.3) is 0 Å². The highest BCUT2D eigenvalue weighted by Gasteiger charge is 2.50. The van der Waals surface area contributed by atoms with Gasteiger partial charge in [0, 0.05) is 25.3 Å². The summed E-state index contributed by atoms with van der Waals surface area (Å²) in [4.78, 5) is 15.5. The maximum absolute atomic E-state index is 13.7. The summed E-state index contributed by atoms with van der Waals surface area (Å²) in [5, 5.41) is 0. The molecule has 1 spiro atoms. The molecule has 30 heavy (non-hydrogen) atoms. The molecule has 0 N–H and O–H groups in total. The quantitative estimate of drug-likeness (QED) is 0.736. The number of carbonyl (C=O) groups is 1. The molecule has 2 aliphatic rings. The third kappa shape index (κ3) is 3.48. The Balaban J connectivity index is 1.62. The molecule has 2 fully saturated rings. The lowest BCUT2D eigenvalue weighted by Crippen LogP contribution is -2.64. The van der Waals surface area contributed by atoms with Gasteiger partial charge in [-0.3, -0.25) is 9.69 Å². The van der Waals surface area contributed by atoms with E-state index in [1.807, 2.05) is 4.90 Å². The molecular formula is C20H20F3N3O3S. The number of anilines is 1. The highest BCUT2D eigenvalue weighted by Crippen LogP contribution is 2.36. The first kappa shape index (κ1) is 20.8. The van der Waals surface area contributed by atoms with Gasteiger partial charge in [0.25, 0.3) is 0 Å². The van der Waals surface area contributed by atoms with Crippen LogP contribution >= 0.6 is 0 Å². The van der Waals surface area contributed by atoms with E-state index in [2.05, 4.69) is 0 Å². The van der Waals surface area contributed by atoms with Crippen molar-refractivity contribution >= 4 is 21.6 Å². The summed E-state index contributed by atoms with van der Waals surface area (Å²) in [6, 6.07) is 8.18. The second kappa shape index (κ2) is 7.36. The van der Waals surface area contributed by atoms with Crippen LogP contribution in [0.15, 0.2) is 47.4 Å². The molecule has 2 aliphatic heterocycles. The molecule has 2 saturated heterocycles. The highest BCUT2D eigenvalue weighted by molar-refractivity contribution is 7.89. The van der Waals surface area contributed by atoms with Gasteiger partial charge >= 0.3 is 0 Å². The SMILES string of the molecule is CN1CC(=O)N(c2cccc(F)c2)C[C@@]12CCN(S(=O)(=O)c1ccc(F)c(F)c1)C2. The second-order valence-corrected chi connectivity index (χ2v) is 9.64. The van der Waals surface area contributed by atoms with Crippen LogP contribution in [0, 0.1) is 17.5 Å². The minimum Gasteiger partial charge on any atom is -0.309 e. The third-order valence-corrected chi connectivity index (χ3v) is 7.72. The Morgan fingerprint density at radius 2 is 1.77 bits per heavy atom. The van der Waals surface area contributed by atoms with Gasteiger partial charge < -0.3 is 4.90 Å². The van der Waals surface area contributed by atoms with Gasteiger partial charge in [0.05, 0.1) is 17.0 Å². The Bertz CT molecular complexity index is 1110. The Morgan fingerprint density at radius 3 is 2.47 bits per heavy atom. The lowest BCUT2D eigenvalue weighted by atomic mass is 9.92. The zero-order chi connectivity index (χ0) is 21.7. The summed E-state index contributed by atoms with van der Waals surface area (Å²) in [6.45, 7) is 0.478. The summed E-state index contributed by atoms with van der Waals surface area (Å²) in [5.41, 5.74) is -0.263. The van der Waals surface area contributed by atoms with Gasteiger partial charge in [-0.25, -0.2) is 21.6 Å². The summed E-state index contributed by atoms with van der Waals surface area (Å²) in [5.74, 6) is -3.04. The van der Waals surface area contributed by atoms with Crippen LogP contribution in [0.1, 0.15) is 6.42 Å². The molecule has 2 aromatic rings. The summed E-state index contributed by atoms with van der Waals surface area (Å²) in [7, 11) is -2.30. The first-order valence-corrected chi connectivity index (χ1v) is 10.8. The predicted molar refractivity (Wildman–Crippen MR) is 104 cm³/mol. The molecule has 2 aromatic carbocycles. The van der Waals surface area contributed by atoms with Gasteiger partial charge in [0.2, 0.25) is 15.9 Å². The van der Waals surface area contributed by atoms with E-state index in [9.17, 15) is 26.4 Å². The number of piperazine rings is 1. The number of halogens is 3. The van der Waals surface area contributed by atoms with E-state index < -0.39 is 33.0 Å². The van der Waals surface area contributed by atoms with Crippen LogP contribution in [-0.4, -0.2) is 62.3 Å². The van der Waals surface area contributed by atoms with Gasteiger partial charge in [-0.05, 0) is 49.9 Å². The van der Waals surface area contributed by atoms with Crippen LogP contribution in [0.3, 0.4) is 0 Å². The fourth-order valence-corrected chi connectivity index (χ4v) is 5.62. The first-order chi connectivity index (χ1) is 14.1. The normalized spacial score (nSPS) is 23.5. The average Bonchev–Trinajstić information content (AvgIpc) is 3.13. The van der Waals surface area contributed by atoms with E-state index in [4.69, 9.17) is 0 Å². The molecule has 0 bridgehead atoms. The number of sulfonamides is 1. The van der Waals surface area contributed by atoms with Crippen molar-refractivity contribution in [2.45, 2.75) is 16.9 Å². The number of carbonyl (C=O) groups excluding carboxylic acids is 1. The zero-order valence-electron chi connectivity index (χ0n) is 16.2. The minimum atomic E-state index is -4.04. The van der Waals surface area contributed by atoms with Crippen LogP contribution in [0.2, 0.25) is 0 Å². The van der Waals surface area contributed by atoms with Crippen LogP contribution in [-0.2, 0) is 14.8 Å². The van der Waals surface area contributed by atoms with E-state index in [0.29, 0.717) is 18.2 Å². The Hall–Kier alpha value is -2.43. The standard InChI is InChI=1S/C20H20F3N3O3S/c1-24-11-19(27)26(15-4-2-3-14(21)9-15)13-20(24)7-8-25(12-20)30(28,29)16-5-6-17(22)18(23)10-16/h2-6,9-10H,7-8,11-13H2,1H3/t20-/m0/s1. The van der Waals surface area contributed by atoms with Crippen molar-refractivity contribution in [1.29, 1.82) is 0 Å². The zero-order valence-corrected chi connectivity index (χ0v) is 17.0. The molecule has 6 nitrogen and oxygen atoms in total. The monoisotopic (exact) mass is 439 g/mol. The van der Waals surface area contributed by atoms with Crippen LogP contribution in [0.5, 0.6) is 0 Å². The molecule has 0 aliphatic carbocycles. The van der Waals surface area contributed by atoms with Crippen molar-refractivity contribution < 1.29 is 26.4 Å².